The molecule has 0 bridgehead atoms. The van der Waals surface area contributed by atoms with Crippen molar-refractivity contribution in [2.45, 2.75) is 59.8 Å². The highest BCUT2D eigenvalue weighted by Gasteiger charge is 2.30. The van der Waals surface area contributed by atoms with E-state index in [9.17, 15) is 4.79 Å². The van der Waals surface area contributed by atoms with Crippen molar-refractivity contribution in [1.29, 1.82) is 0 Å². The molecule has 3 rings (SSSR count). The number of hydrogen-bond acceptors (Lipinski definition) is 1. The van der Waals surface area contributed by atoms with E-state index >= 15 is 0 Å². The number of carbonyl (C=O) groups excluding carboxylic acids is 1. The van der Waals surface area contributed by atoms with Gasteiger partial charge in [0.1, 0.15) is 0 Å². The van der Waals surface area contributed by atoms with Crippen molar-refractivity contribution in [3.8, 4) is 0 Å². The molecule has 0 spiro atoms. The predicted octanol–water partition coefficient (Wildman–Crippen LogP) is 6.99. The summed E-state index contributed by atoms with van der Waals surface area (Å²) >= 11 is 0. The minimum absolute atomic E-state index is 0.00151. The van der Waals surface area contributed by atoms with Gasteiger partial charge < -0.3 is 0 Å². The average molecular weight is 359 g/mol. The fourth-order valence-corrected chi connectivity index (χ4v) is 4.03. The van der Waals surface area contributed by atoms with E-state index < -0.39 is 0 Å². The minimum atomic E-state index is 0.00151. The second-order valence-corrected chi connectivity index (χ2v) is 8.80. The highest BCUT2D eigenvalue weighted by atomic mass is 16.1. The number of allylic oxidation sites excluding steroid dienone is 4. The topological polar surface area (TPSA) is 17.1 Å². The van der Waals surface area contributed by atoms with Crippen LogP contribution < -0.4 is 0 Å². The van der Waals surface area contributed by atoms with Crippen LogP contribution in [0.5, 0.6) is 0 Å². The second kappa shape index (κ2) is 6.96. The van der Waals surface area contributed by atoms with Crippen LogP contribution in [0.3, 0.4) is 0 Å². The van der Waals surface area contributed by atoms with Gasteiger partial charge in [0.2, 0.25) is 0 Å². The number of hydrogen-bond donors (Lipinski definition) is 0. The molecule has 0 saturated heterocycles. The molecule has 140 valence electrons. The summed E-state index contributed by atoms with van der Waals surface area (Å²) in [7, 11) is 0. The Labute approximate surface area is 163 Å². The van der Waals surface area contributed by atoms with Crippen LogP contribution in [0.2, 0.25) is 0 Å². The smallest absolute Gasteiger partial charge is 0.193 e. The Balaban J connectivity index is 2.22. The summed E-state index contributed by atoms with van der Waals surface area (Å²) in [5, 5.41) is 0. The maximum absolute atomic E-state index is 13.4. The van der Waals surface area contributed by atoms with Crippen LogP contribution in [0.25, 0.3) is 0 Å². The molecule has 1 aliphatic carbocycles. The van der Waals surface area contributed by atoms with Crippen molar-refractivity contribution in [2.24, 2.45) is 0 Å². The third-order valence-corrected chi connectivity index (χ3v) is 6.12. The molecule has 2 aromatic carbocycles. The van der Waals surface area contributed by atoms with Crippen LogP contribution in [0.4, 0.5) is 0 Å². The molecule has 0 fully saturated rings. The summed E-state index contributed by atoms with van der Waals surface area (Å²) in [4.78, 5) is 13.4. The van der Waals surface area contributed by atoms with E-state index in [0.717, 1.165) is 16.7 Å². The molecule has 0 heterocycles. The van der Waals surface area contributed by atoms with Gasteiger partial charge in [0, 0.05) is 17.0 Å². The van der Waals surface area contributed by atoms with E-state index in [1.54, 1.807) is 0 Å². The molecular weight excluding hydrogens is 328 g/mol. The van der Waals surface area contributed by atoms with Gasteiger partial charge in [-0.1, -0.05) is 74.4 Å². The number of benzene rings is 2. The van der Waals surface area contributed by atoms with E-state index in [0.29, 0.717) is 0 Å². The van der Waals surface area contributed by atoms with Crippen molar-refractivity contribution >= 4 is 5.78 Å². The highest BCUT2D eigenvalue weighted by molar-refractivity contribution is 6.10. The molecule has 1 nitrogen and oxygen atoms in total. The first-order valence-electron chi connectivity index (χ1n) is 9.72. The van der Waals surface area contributed by atoms with E-state index in [4.69, 9.17) is 0 Å². The number of carbonyl (C=O) groups is 1. The Hall–Kier alpha value is -2.41. The molecule has 0 aromatic heterocycles. The largest absolute Gasteiger partial charge is 0.289 e. The molecule has 2 aromatic rings. The van der Waals surface area contributed by atoms with Gasteiger partial charge in [0.15, 0.2) is 5.78 Å². The van der Waals surface area contributed by atoms with Crippen molar-refractivity contribution < 1.29 is 4.79 Å². The Morgan fingerprint density at radius 3 is 1.89 bits per heavy atom. The fourth-order valence-electron chi connectivity index (χ4n) is 4.03. The molecule has 0 unspecified atom stereocenters. The third kappa shape index (κ3) is 3.43. The summed E-state index contributed by atoms with van der Waals surface area (Å²) < 4.78 is 0. The zero-order valence-corrected chi connectivity index (χ0v) is 17.6. The maximum atomic E-state index is 13.4. The van der Waals surface area contributed by atoms with E-state index in [1.807, 2.05) is 30.3 Å². The van der Waals surface area contributed by atoms with Gasteiger partial charge in [-0.25, -0.2) is 0 Å². The fraction of sp³-hybridized carbons (Fsp3) is 0.346. The third-order valence-electron chi connectivity index (χ3n) is 6.12. The first-order valence-corrected chi connectivity index (χ1v) is 9.72. The van der Waals surface area contributed by atoms with Gasteiger partial charge >= 0.3 is 0 Å². The Morgan fingerprint density at radius 1 is 0.815 bits per heavy atom. The highest BCUT2D eigenvalue weighted by Crippen LogP contribution is 2.45. The van der Waals surface area contributed by atoms with Crippen molar-refractivity contribution in [3.63, 3.8) is 0 Å². The van der Waals surface area contributed by atoms with Crippen LogP contribution in [0, 0.1) is 0 Å². The molecule has 27 heavy (non-hydrogen) atoms. The summed E-state index contributed by atoms with van der Waals surface area (Å²) in [6.07, 6.45) is 0. The summed E-state index contributed by atoms with van der Waals surface area (Å²) in [5.74, 6) is 0.307. The molecule has 1 aliphatic rings. The van der Waals surface area contributed by atoms with Crippen LogP contribution in [0.1, 0.15) is 81.4 Å². The zero-order chi connectivity index (χ0) is 19.9. The lowest BCUT2D eigenvalue weighted by Crippen LogP contribution is -2.16. The summed E-state index contributed by atoms with van der Waals surface area (Å²) in [5.41, 5.74) is 9.33. The van der Waals surface area contributed by atoms with Crippen LogP contribution >= 0.6 is 0 Å². The van der Waals surface area contributed by atoms with E-state index in [-0.39, 0.29) is 17.1 Å². The quantitative estimate of drug-likeness (QED) is 0.541. The van der Waals surface area contributed by atoms with Gasteiger partial charge in [0.25, 0.3) is 0 Å². The van der Waals surface area contributed by atoms with Gasteiger partial charge in [-0.15, -0.1) is 0 Å². The van der Waals surface area contributed by atoms with E-state index in [2.05, 4.69) is 66.7 Å². The lowest BCUT2D eigenvalue weighted by atomic mass is 9.79. The molecule has 0 amide bonds. The monoisotopic (exact) mass is 358 g/mol. The average Bonchev–Trinajstić information content (AvgIpc) is 2.84. The maximum Gasteiger partial charge on any atom is 0.193 e. The molecule has 0 saturated carbocycles. The lowest BCUT2D eigenvalue weighted by molar-refractivity contribution is 0.103. The van der Waals surface area contributed by atoms with E-state index in [1.165, 1.54) is 27.9 Å². The zero-order valence-electron chi connectivity index (χ0n) is 17.6. The Kier molecular flexibility index (Phi) is 4.99. The van der Waals surface area contributed by atoms with Crippen molar-refractivity contribution in [2.75, 3.05) is 0 Å². The lowest BCUT2D eigenvalue weighted by Gasteiger charge is -2.24. The van der Waals surface area contributed by atoms with Gasteiger partial charge in [-0.3, -0.25) is 4.79 Å². The van der Waals surface area contributed by atoms with Crippen LogP contribution in [-0.4, -0.2) is 5.78 Å². The molecule has 1 heteroatoms. The molecule has 0 radical (unpaired) electrons. The Bertz CT molecular complexity index is 925. The van der Waals surface area contributed by atoms with Crippen LogP contribution in [-0.2, 0) is 5.41 Å². The standard InChI is InChI=1S/C26H30O/c1-16-17(2)19(4)24(18(16)3)22-14-13-21(26(5,6)7)15-23(22)25(27)20-11-9-8-10-12-20/h8-15,24H,1-7H3. The van der Waals surface area contributed by atoms with Gasteiger partial charge in [-0.2, -0.15) is 0 Å². The normalized spacial score (nSPS) is 15.7. The SMILES string of the molecule is CC1=C(C)C(c2ccc(C(C)(C)C)cc2C(=O)c2ccccc2)C(C)=C1C. The van der Waals surface area contributed by atoms with Crippen molar-refractivity contribution in [1.82, 2.24) is 0 Å². The number of rotatable bonds is 3. The first kappa shape index (κ1) is 19.4. The number of ketones is 1. The molecular formula is C26H30O. The Morgan fingerprint density at radius 2 is 1.37 bits per heavy atom. The summed E-state index contributed by atoms with van der Waals surface area (Å²) in [6, 6.07) is 16.1. The second-order valence-electron chi connectivity index (χ2n) is 8.80. The molecule has 0 N–H and O–H groups in total. The molecule has 0 atom stereocenters. The van der Waals surface area contributed by atoms with Crippen molar-refractivity contribution in [3.05, 3.63) is 93.1 Å². The minimum Gasteiger partial charge on any atom is -0.289 e. The van der Waals surface area contributed by atoms with Gasteiger partial charge in [0.05, 0.1) is 0 Å². The predicted molar refractivity (Wildman–Crippen MR) is 115 cm³/mol. The molecule has 0 aliphatic heterocycles. The first-order chi connectivity index (χ1) is 12.6. The van der Waals surface area contributed by atoms with Gasteiger partial charge in [-0.05, 0) is 61.4 Å². The van der Waals surface area contributed by atoms with Crippen LogP contribution in [0.15, 0.2) is 70.8 Å². The summed E-state index contributed by atoms with van der Waals surface area (Å²) in [6.45, 7) is 15.4.